The van der Waals surface area contributed by atoms with Crippen LogP contribution in [0.1, 0.15) is 19.4 Å². The van der Waals surface area contributed by atoms with E-state index in [4.69, 9.17) is 0 Å². The van der Waals surface area contributed by atoms with Gasteiger partial charge in [0.25, 0.3) is 5.91 Å². The molecule has 0 spiro atoms. The average molecular weight is 374 g/mol. The maximum absolute atomic E-state index is 13.3. The SMILES string of the molecule is C/C(=N/NC(=O)[C@H](C)Nc1nc2ccccc2s1)c1ccc(F)c(F)c1. The van der Waals surface area contributed by atoms with Crippen molar-refractivity contribution in [2.75, 3.05) is 5.32 Å². The smallest absolute Gasteiger partial charge is 0.262 e. The number of rotatable bonds is 5. The van der Waals surface area contributed by atoms with Crippen molar-refractivity contribution in [1.82, 2.24) is 10.4 Å². The van der Waals surface area contributed by atoms with Crippen molar-refractivity contribution in [3.63, 3.8) is 0 Å². The van der Waals surface area contributed by atoms with E-state index in [1.54, 1.807) is 13.8 Å². The molecule has 2 N–H and O–H groups in total. The summed E-state index contributed by atoms with van der Waals surface area (Å²) in [5.41, 5.74) is 4.03. The Labute approximate surface area is 152 Å². The maximum Gasteiger partial charge on any atom is 0.262 e. The van der Waals surface area contributed by atoms with Crippen molar-refractivity contribution in [1.29, 1.82) is 0 Å². The third-order valence-electron chi connectivity index (χ3n) is 3.70. The quantitative estimate of drug-likeness (QED) is 0.526. The molecule has 1 atom stereocenters. The highest BCUT2D eigenvalue weighted by atomic mass is 32.1. The third kappa shape index (κ3) is 4.02. The molecule has 5 nitrogen and oxygen atoms in total. The Morgan fingerprint density at radius 3 is 2.69 bits per heavy atom. The zero-order chi connectivity index (χ0) is 18.7. The molecular formula is C18H16F2N4OS. The van der Waals surface area contributed by atoms with Gasteiger partial charge in [0, 0.05) is 5.56 Å². The number of nitrogens with one attached hydrogen (secondary N) is 2. The van der Waals surface area contributed by atoms with Crippen LogP contribution < -0.4 is 10.7 Å². The van der Waals surface area contributed by atoms with Gasteiger partial charge in [-0.2, -0.15) is 5.10 Å². The van der Waals surface area contributed by atoms with Crippen molar-refractivity contribution in [3.8, 4) is 0 Å². The molecule has 0 aliphatic heterocycles. The van der Waals surface area contributed by atoms with E-state index < -0.39 is 17.7 Å². The summed E-state index contributed by atoms with van der Waals surface area (Å²) in [7, 11) is 0. The lowest BCUT2D eigenvalue weighted by atomic mass is 10.1. The molecule has 0 bridgehead atoms. The number of thiazole rings is 1. The van der Waals surface area contributed by atoms with Gasteiger partial charge in [0.2, 0.25) is 0 Å². The molecule has 0 fully saturated rings. The molecule has 0 radical (unpaired) electrons. The van der Waals surface area contributed by atoms with Crippen LogP contribution in [-0.2, 0) is 4.79 Å². The van der Waals surface area contributed by atoms with Crippen LogP contribution in [0.25, 0.3) is 10.2 Å². The Morgan fingerprint density at radius 2 is 1.96 bits per heavy atom. The maximum atomic E-state index is 13.3. The number of hydrazone groups is 1. The van der Waals surface area contributed by atoms with Crippen LogP contribution in [0.2, 0.25) is 0 Å². The van der Waals surface area contributed by atoms with E-state index in [1.165, 1.54) is 17.4 Å². The van der Waals surface area contributed by atoms with Gasteiger partial charge >= 0.3 is 0 Å². The van der Waals surface area contributed by atoms with E-state index in [1.807, 2.05) is 24.3 Å². The van der Waals surface area contributed by atoms with Gasteiger partial charge in [-0.05, 0) is 44.2 Å². The molecule has 2 aromatic carbocycles. The summed E-state index contributed by atoms with van der Waals surface area (Å²) in [4.78, 5) is 16.6. The zero-order valence-corrected chi connectivity index (χ0v) is 14.9. The molecular weight excluding hydrogens is 358 g/mol. The molecule has 0 unspecified atom stereocenters. The van der Waals surface area contributed by atoms with Crippen molar-refractivity contribution in [2.24, 2.45) is 5.10 Å². The fraction of sp³-hybridized carbons (Fsp3) is 0.167. The van der Waals surface area contributed by atoms with Crippen molar-refractivity contribution in [3.05, 3.63) is 59.7 Å². The summed E-state index contributed by atoms with van der Waals surface area (Å²) in [5.74, 6) is -2.26. The van der Waals surface area contributed by atoms with Crippen LogP contribution in [0.5, 0.6) is 0 Å². The van der Waals surface area contributed by atoms with E-state index in [0.29, 0.717) is 16.4 Å². The number of carbonyl (C=O) groups is 1. The van der Waals surface area contributed by atoms with Gasteiger partial charge in [-0.15, -0.1) is 0 Å². The largest absolute Gasteiger partial charge is 0.350 e. The summed E-state index contributed by atoms with van der Waals surface area (Å²) >= 11 is 1.45. The second-order valence-electron chi connectivity index (χ2n) is 5.65. The number of anilines is 1. The standard InChI is InChI=1S/C18H16F2N4OS/c1-10(12-7-8-13(19)14(20)9-12)23-24-17(25)11(2)21-18-22-15-5-3-4-6-16(15)26-18/h3-9,11H,1-2H3,(H,21,22)(H,24,25)/b23-10-/t11-/m0/s1. The lowest BCUT2D eigenvalue weighted by molar-refractivity contribution is -0.121. The molecule has 3 rings (SSSR count). The topological polar surface area (TPSA) is 66.4 Å². The van der Waals surface area contributed by atoms with Crippen LogP contribution in [0, 0.1) is 11.6 Å². The van der Waals surface area contributed by atoms with Crippen LogP contribution in [-0.4, -0.2) is 22.6 Å². The summed E-state index contributed by atoms with van der Waals surface area (Å²) < 4.78 is 27.3. The first-order valence-electron chi connectivity index (χ1n) is 7.85. The summed E-state index contributed by atoms with van der Waals surface area (Å²) in [5, 5.41) is 7.60. The van der Waals surface area contributed by atoms with Crippen molar-refractivity contribution < 1.29 is 13.6 Å². The highest BCUT2D eigenvalue weighted by Crippen LogP contribution is 2.25. The van der Waals surface area contributed by atoms with E-state index >= 15 is 0 Å². The second-order valence-corrected chi connectivity index (χ2v) is 6.69. The number of aromatic nitrogens is 1. The molecule has 0 saturated heterocycles. The minimum Gasteiger partial charge on any atom is -0.350 e. The number of amides is 1. The van der Waals surface area contributed by atoms with E-state index in [9.17, 15) is 13.6 Å². The van der Waals surface area contributed by atoms with Crippen LogP contribution in [0.3, 0.4) is 0 Å². The zero-order valence-electron chi connectivity index (χ0n) is 14.1. The number of hydrogen-bond donors (Lipinski definition) is 2. The minimum absolute atomic E-state index is 0.365. The van der Waals surface area contributed by atoms with E-state index in [-0.39, 0.29) is 5.91 Å². The van der Waals surface area contributed by atoms with Gasteiger partial charge in [0.15, 0.2) is 16.8 Å². The first-order chi connectivity index (χ1) is 12.4. The Bertz CT molecular complexity index is 953. The number of carbonyl (C=O) groups excluding carboxylic acids is 1. The highest BCUT2D eigenvalue weighted by molar-refractivity contribution is 7.22. The molecule has 1 heterocycles. The van der Waals surface area contributed by atoms with Crippen molar-refractivity contribution in [2.45, 2.75) is 19.9 Å². The number of benzene rings is 2. The normalized spacial score (nSPS) is 12.8. The Balaban J connectivity index is 1.63. The number of halogens is 2. The highest BCUT2D eigenvalue weighted by Gasteiger charge is 2.14. The minimum atomic E-state index is -0.964. The first kappa shape index (κ1) is 17.9. The second kappa shape index (κ2) is 7.57. The Hall–Kier alpha value is -2.87. The number of hydrogen-bond acceptors (Lipinski definition) is 5. The number of para-hydroxylation sites is 1. The van der Waals surface area contributed by atoms with Crippen LogP contribution in [0.4, 0.5) is 13.9 Å². The number of nitrogens with zero attached hydrogens (tertiary/aromatic N) is 2. The molecule has 3 aromatic rings. The summed E-state index contributed by atoms with van der Waals surface area (Å²) in [6.45, 7) is 3.28. The molecule has 0 aliphatic carbocycles. The molecule has 26 heavy (non-hydrogen) atoms. The molecule has 0 aliphatic rings. The van der Waals surface area contributed by atoms with Gasteiger partial charge in [-0.1, -0.05) is 23.5 Å². The predicted molar refractivity (Wildman–Crippen MR) is 99.4 cm³/mol. The molecule has 0 saturated carbocycles. The molecule has 134 valence electrons. The fourth-order valence-electron chi connectivity index (χ4n) is 2.21. The van der Waals surface area contributed by atoms with Gasteiger partial charge in [-0.3, -0.25) is 4.79 Å². The Morgan fingerprint density at radius 1 is 1.19 bits per heavy atom. The predicted octanol–water partition coefficient (Wildman–Crippen LogP) is 3.92. The fourth-order valence-corrected chi connectivity index (χ4v) is 3.16. The summed E-state index contributed by atoms with van der Waals surface area (Å²) in [6.07, 6.45) is 0. The molecule has 1 aromatic heterocycles. The molecule has 1 amide bonds. The average Bonchev–Trinajstić information content (AvgIpc) is 3.03. The lowest BCUT2D eigenvalue weighted by Gasteiger charge is -2.11. The van der Waals surface area contributed by atoms with Crippen LogP contribution >= 0.6 is 11.3 Å². The third-order valence-corrected chi connectivity index (χ3v) is 4.67. The first-order valence-corrected chi connectivity index (χ1v) is 8.67. The monoisotopic (exact) mass is 374 g/mol. The van der Waals surface area contributed by atoms with Gasteiger partial charge in [-0.25, -0.2) is 19.2 Å². The van der Waals surface area contributed by atoms with Gasteiger partial charge in [0.05, 0.1) is 15.9 Å². The van der Waals surface area contributed by atoms with Gasteiger partial charge < -0.3 is 5.32 Å². The summed E-state index contributed by atoms with van der Waals surface area (Å²) in [6, 6.07) is 10.6. The van der Waals surface area contributed by atoms with Crippen molar-refractivity contribution >= 4 is 38.3 Å². The van der Waals surface area contributed by atoms with Gasteiger partial charge in [0.1, 0.15) is 6.04 Å². The number of fused-ring (bicyclic) bond motifs is 1. The molecule has 8 heteroatoms. The lowest BCUT2D eigenvalue weighted by Crippen LogP contribution is -2.35. The Kier molecular flexibility index (Phi) is 5.22. The van der Waals surface area contributed by atoms with Crippen LogP contribution in [0.15, 0.2) is 47.6 Å². The van der Waals surface area contributed by atoms with E-state index in [2.05, 4.69) is 20.8 Å². The van der Waals surface area contributed by atoms with E-state index in [0.717, 1.165) is 22.3 Å².